The summed E-state index contributed by atoms with van der Waals surface area (Å²) >= 11 is 1.29. The fourth-order valence-electron chi connectivity index (χ4n) is 3.20. The average Bonchev–Trinajstić information content (AvgIpc) is 3.12. The second-order valence-corrected chi connectivity index (χ2v) is 7.61. The largest absolute Gasteiger partial charge is 0.497 e. The van der Waals surface area contributed by atoms with E-state index in [4.69, 9.17) is 9.47 Å². The van der Waals surface area contributed by atoms with Crippen LogP contribution in [0.4, 0.5) is 5.69 Å². The van der Waals surface area contributed by atoms with Crippen LogP contribution < -0.4 is 15.3 Å². The number of benzene rings is 1. The van der Waals surface area contributed by atoms with Gasteiger partial charge in [-0.2, -0.15) is 0 Å². The van der Waals surface area contributed by atoms with Crippen molar-refractivity contribution in [1.82, 2.24) is 19.7 Å². The molecular weight excluding hydrogens is 394 g/mol. The number of aromatic amines is 1. The SMILES string of the molecule is COCCCn1c(SCC(=O)N2CCN(c3ccc(OC)cc3)CC2)n[nH]c1=O. The quantitative estimate of drug-likeness (QED) is 0.478. The van der Waals surface area contributed by atoms with Gasteiger partial charge in [-0.25, -0.2) is 9.89 Å². The summed E-state index contributed by atoms with van der Waals surface area (Å²) in [4.78, 5) is 28.6. The Morgan fingerprint density at radius 3 is 2.55 bits per heavy atom. The molecule has 0 unspecified atom stereocenters. The van der Waals surface area contributed by atoms with E-state index < -0.39 is 0 Å². The van der Waals surface area contributed by atoms with Crippen LogP contribution >= 0.6 is 11.8 Å². The molecule has 0 atom stereocenters. The van der Waals surface area contributed by atoms with Crippen molar-refractivity contribution in [3.8, 4) is 5.75 Å². The number of H-pyrrole nitrogens is 1. The standard InChI is InChI=1S/C19H27N5O4S/c1-27-13-3-8-24-18(26)20-21-19(24)29-14-17(25)23-11-9-22(10-12-23)15-4-6-16(28-2)7-5-15/h4-7H,3,8-14H2,1-2H3,(H,20,26). The molecule has 1 aliphatic heterocycles. The molecule has 1 fully saturated rings. The number of carbonyl (C=O) groups excluding carboxylic acids is 1. The van der Waals surface area contributed by atoms with Crippen molar-refractivity contribution in [3.63, 3.8) is 0 Å². The topological polar surface area (TPSA) is 92.7 Å². The van der Waals surface area contributed by atoms with Crippen LogP contribution in [0, 0.1) is 0 Å². The maximum absolute atomic E-state index is 12.6. The number of hydrogen-bond donors (Lipinski definition) is 1. The molecule has 1 N–H and O–H groups in total. The molecule has 10 heteroatoms. The van der Waals surface area contributed by atoms with Gasteiger partial charge in [-0.15, -0.1) is 5.10 Å². The lowest BCUT2D eigenvalue weighted by molar-refractivity contribution is -0.128. The van der Waals surface area contributed by atoms with E-state index in [1.807, 2.05) is 29.2 Å². The predicted molar refractivity (Wildman–Crippen MR) is 112 cm³/mol. The number of amides is 1. The van der Waals surface area contributed by atoms with E-state index in [0.717, 1.165) is 24.5 Å². The van der Waals surface area contributed by atoms with E-state index in [0.29, 0.717) is 37.8 Å². The van der Waals surface area contributed by atoms with E-state index in [-0.39, 0.29) is 17.3 Å². The van der Waals surface area contributed by atoms with Gasteiger partial charge in [0.15, 0.2) is 5.16 Å². The van der Waals surface area contributed by atoms with Gasteiger partial charge in [-0.1, -0.05) is 11.8 Å². The van der Waals surface area contributed by atoms with Crippen LogP contribution in [0.15, 0.2) is 34.2 Å². The molecule has 0 radical (unpaired) electrons. The van der Waals surface area contributed by atoms with E-state index in [1.54, 1.807) is 18.8 Å². The second-order valence-electron chi connectivity index (χ2n) is 6.66. The van der Waals surface area contributed by atoms with Crippen LogP contribution in [0.25, 0.3) is 0 Å². The van der Waals surface area contributed by atoms with Crippen LogP contribution in [-0.4, -0.2) is 78.3 Å². The van der Waals surface area contributed by atoms with Gasteiger partial charge in [-0.3, -0.25) is 9.36 Å². The number of nitrogens with one attached hydrogen (secondary N) is 1. The van der Waals surface area contributed by atoms with Crippen molar-refractivity contribution >= 4 is 23.4 Å². The molecule has 3 rings (SSSR count). The van der Waals surface area contributed by atoms with Gasteiger partial charge in [0.25, 0.3) is 0 Å². The lowest BCUT2D eigenvalue weighted by Gasteiger charge is -2.36. The number of aromatic nitrogens is 3. The van der Waals surface area contributed by atoms with Gasteiger partial charge < -0.3 is 19.3 Å². The zero-order valence-electron chi connectivity index (χ0n) is 16.8. The minimum atomic E-state index is -0.260. The molecule has 1 aliphatic rings. The molecule has 1 saturated heterocycles. The van der Waals surface area contributed by atoms with Gasteiger partial charge in [0.1, 0.15) is 5.75 Å². The third-order valence-corrected chi connectivity index (χ3v) is 5.81. The van der Waals surface area contributed by atoms with Gasteiger partial charge in [0.05, 0.1) is 12.9 Å². The number of ether oxygens (including phenoxy) is 2. The predicted octanol–water partition coefficient (Wildman–Crippen LogP) is 1.06. The molecule has 0 spiro atoms. The summed E-state index contributed by atoms with van der Waals surface area (Å²) in [5.41, 5.74) is 0.869. The lowest BCUT2D eigenvalue weighted by atomic mass is 10.2. The second kappa shape index (κ2) is 10.4. The van der Waals surface area contributed by atoms with E-state index in [9.17, 15) is 9.59 Å². The number of carbonyl (C=O) groups is 1. The van der Waals surface area contributed by atoms with Crippen molar-refractivity contribution < 1.29 is 14.3 Å². The number of methoxy groups -OCH3 is 2. The lowest BCUT2D eigenvalue weighted by Crippen LogP contribution is -2.49. The molecule has 1 aromatic carbocycles. The Balaban J connectivity index is 1.48. The van der Waals surface area contributed by atoms with Crippen LogP contribution in [0.1, 0.15) is 6.42 Å². The van der Waals surface area contributed by atoms with Crippen LogP contribution in [-0.2, 0) is 16.1 Å². The number of anilines is 1. The maximum Gasteiger partial charge on any atom is 0.343 e. The molecule has 0 bridgehead atoms. The third-order valence-electron chi connectivity index (χ3n) is 4.85. The third kappa shape index (κ3) is 5.54. The molecule has 2 heterocycles. The minimum Gasteiger partial charge on any atom is -0.497 e. The highest BCUT2D eigenvalue weighted by molar-refractivity contribution is 7.99. The normalized spacial score (nSPS) is 14.3. The summed E-state index contributed by atoms with van der Waals surface area (Å²) in [6.07, 6.45) is 0.713. The van der Waals surface area contributed by atoms with Crippen LogP contribution in [0.5, 0.6) is 5.75 Å². The highest BCUT2D eigenvalue weighted by atomic mass is 32.2. The fraction of sp³-hybridized carbons (Fsp3) is 0.526. The monoisotopic (exact) mass is 421 g/mol. The summed E-state index contributed by atoms with van der Waals surface area (Å²) in [6, 6.07) is 7.96. The Morgan fingerprint density at radius 1 is 1.17 bits per heavy atom. The summed E-state index contributed by atoms with van der Waals surface area (Å²) < 4.78 is 11.8. The van der Waals surface area contributed by atoms with E-state index >= 15 is 0 Å². The average molecular weight is 422 g/mol. The van der Waals surface area contributed by atoms with Crippen molar-refractivity contribution in [2.24, 2.45) is 0 Å². The van der Waals surface area contributed by atoms with Gasteiger partial charge in [0.2, 0.25) is 5.91 Å². The minimum absolute atomic E-state index is 0.0586. The Kier molecular flexibility index (Phi) is 7.59. The zero-order valence-corrected chi connectivity index (χ0v) is 17.6. The van der Waals surface area contributed by atoms with Crippen LogP contribution in [0.2, 0.25) is 0 Å². The number of nitrogens with zero attached hydrogens (tertiary/aromatic N) is 4. The zero-order chi connectivity index (χ0) is 20.6. The summed E-state index contributed by atoms with van der Waals surface area (Å²) in [6.45, 7) is 4.00. The molecule has 1 aromatic heterocycles. The van der Waals surface area contributed by atoms with E-state index in [1.165, 1.54) is 11.8 Å². The Hall–Kier alpha value is -2.46. The number of piperazine rings is 1. The Bertz CT molecular complexity index is 843. The van der Waals surface area contributed by atoms with Crippen molar-refractivity contribution in [2.75, 3.05) is 57.7 Å². The fourth-order valence-corrected chi connectivity index (χ4v) is 4.08. The molecule has 158 valence electrons. The van der Waals surface area contributed by atoms with Gasteiger partial charge >= 0.3 is 5.69 Å². The summed E-state index contributed by atoms with van der Waals surface area (Å²) in [5, 5.41) is 7.03. The van der Waals surface area contributed by atoms with Gasteiger partial charge in [0, 0.05) is 52.1 Å². The van der Waals surface area contributed by atoms with E-state index in [2.05, 4.69) is 15.1 Å². The van der Waals surface area contributed by atoms with Crippen molar-refractivity contribution in [3.05, 3.63) is 34.7 Å². The first kappa shape index (κ1) is 21.3. The number of rotatable bonds is 9. The highest BCUT2D eigenvalue weighted by Crippen LogP contribution is 2.21. The first-order valence-electron chi connectivity index (χ1n) is 9.56. The number of hydrogen-bond acceptors (Lipinski definition) is 7. The molecule has 29 heavy (non-hydrogen) atoms. The summed E-state index contributed by atoms with van der Waals surface area (Å²) in [7, 11) is 3.28. The molecule has 9 nitrogen and oxygen atoms in total. The van der Waals surface area contributed by atoms with Crippen molar-refractivity contribution in [1.29, 1.82) is 0 Å². The van der Waals surface area contributed by atoms with Crippen LogP contribution in [0.3, 0.4) is 0 Å². The molecule has 1 amide bonds. The molecular formula is C19H27N5O4S. The summed E-state index contributed by atoms with van der Waals surface area (Å²) in [5.74, 6) is 1.15. The molecule has 0 saturated carbocycles. The highest BCUT2D eigenvalue weighted by Gasteiger charge is 2.22. The van der Waals surface area contributed by atoms with Crippen molar-refractivity contribution in [2.45, 2.75) is 18.1 Å². The maximum atomic E-state index is 12.6. The first-order chi connectivity index (χ1) is 14.1. The van der Waals surface area contributed by atoms with Gasteiger partial charge in [-0.05, 0) is 30.7 Å². The Morgan fingerprint density at radius 2 is 1.90 bits per heavy atom. The molecule has 0 aliphatic carbocycles. The smallest absolute Gasteiger partial charge is 0.343 e. The number of thioether (sulfide) groups is 1. The molecule has 2 aromatic rings. The Labute approximate surface area is 174 Å². The first-order valence-corrected chi connectivity index (χ1v) is 10.5.